The molecule has 0 aliphatic carbocycles. The predicted octanol–water partition coefficient (Wildman–Crippen LogP) is 1.46. The fourth-order valence-corrected chi connectivity index (χ4v) is 0.787. The maximum absolute atomic E-state index is 5.48. The Morgan fingerprint density at radius 1 is 1.89 bits per heavy atom. The van der Waals surface area contributed by atoms with Crippen molar-refractivity contribution in [1.29, 1.82) is 0 Å². The molecule has 1 heterocycles. The summed E-state index contributed by atoms with van der Waals surface area (Å²) in [6.07, 6.45) is 0. The quantitative estimate of drug-likeness (QED) is 0.730. The Morgan fingerprint density at radius 3 is 2.78 bits per heavy atom. The molecular formula is C5H7BrN2O. The standard InChI is InChI=1S/C5H7BrN2O/c1-3(7)4-2-5(6)9-8-4/h2-3H,7H2,1H3. The lowest BCUT2D eigenvalue weighted by Gasteiger charge is -1.93. The number of rotatable bonds is 1. The van der Waals surface area contributed by atoms with Gasteiger partial charge in [0.2, 0.25) is 4.67 Å². The summed E-state index contributed by atoms with van der Waals surface area (Å²) in [5.74, 6) is 0. The van der Waals surface area contributed by atoms with E-state index in [2.05, 4.69) is 21.1 Å². The molecule has 9 heavy (non-hydrogen) atoms. The smallest absolute Gasteiger partial charge is 0.202 e. The Kier molecular flexibility index (Phi) is 1.87. The SMILES string of the molecule is CC(N)c1cc(Br)on1. The lowest BCUT2D eigenvalue weighted by molar-refractivity contribution is 0.389. The number of hydrogen-bond donors (Lipinski definition) is 1. The lowest BCUT2D eigenvalue weighted by atomic mass is 10.3. The van der Waals surface area contributed by atoms with E-state index in [0.29, 0.717) is 4.67 Å². The zero-order valence-electron chi connectivity index (χ0n) is 4.97. The highest BCUT2D eigenvalue weighted by atomic mass is 79.9. The van der Waals surface area contributed by atoms with Crippen LogP contribution in [0.4, 0.5) is 0 Å². The van der Waals surface area contributed by atoms with E-state index in [4.69, 9.17) is 10.3 Å². The molecule has 3 nitrogen and oxygen atoms in total. The van der Waals surface area contributed by atoms with Crippen LogP contribution in [0, 0.1) is 0 Å². The summed E-state index contributed by atoms with van der Waals surface area (Å²) in [5.41, 5.74) is 6.25. The molecule has 0 amide bonds. The van der Waals surface area contributed by atoms with E-state index in [1.54, 1.807) is 6.07 Å². The fraction of sp³-hybridized carbons (Fsp3) is 0.400. The highest BCUT2D eigenvalue weighted by molar-refractivity contribution is 9.10. The number of aromatic nitrogens is 1. The van der Waals surface area contributed by atoms with E-state index >= 15 is 0 Å². The third-order valence-electron chi connectivity index (χ3n) is 0.966. The van der Waals surface area contributed by atoms with E-state index in [0.717, 1.165) is 5.69 Å². The van der Waals surface area contributed by atoms with Crippen molar-refractivity contribution in [2.24, 2.45) is 5.73 Å². The van der Waals surface area contributed by atoms with Gasteiger partial charge in [0.1, 0.15) is 5.69 Å². The van der Waals surface area contributed by atoms with Gasteiger partial charge < -0.3 is 10.3 Å². The first-order valence-corrected chi connectivity index (χ1v) is 3.37. The van der Waals surface area contributed by atoms with Crippen LogP contribution in [-0.2, 0) is 0 Å². The minimum atomic E-state index is -0.0555. The minimum Gasteiger partial charge on any atom is -0.349 e. The molecule has 4 heteroatoms. The maximum Gasteiger partial charge on any atom is 0.202 e. The molecule has 1 unspecified atom stereocenters. The van der Waals surface area contributed by atoms with Crippen LogP contribution in [0.5, 0.6) is 0 Å². The largest absolute Gasteiger partial charge is 0.349 e. The van der Waals surface area contributed by atoms with Crippen LogP contribution in [0.3, 0.4) is 0 Å². The Labute approximate surface area is 61.3 Å². The fourth-order valence-electron chi connectivity index (χ4n) is 0.480. The van der Waals surface area contributed by atoms with E-state index in [9.17, 15) is 0 Å². The first kappa shape index (κ1) is 6.77. The summed E-state index contributed by atoms with van der Waals surface area (Å²) in [7, 11) is 0. The molecule has 0 aliphatic rings. The average molecular weight is 191 g/mol. The third-order valence-corrected chi connectivity index (χ3v) is 1.34. The van der Waals surface area contributed by atoms with Gasteiger partial charge in [-0.1, -0.05) is 5.16 Å². The van der Waals surface area contributed by atoms with Crippen molar-refractivity contribution < 1.29 is 4.52 Å². The summed E-state index contributed by atoms with van der Waals surface area (Å²) in [6, 6.07) is 1.70. The number of halogens is 1. The van der Waals surface area contributed by atoms with Crippen molar-refractivity contribution in [3.63, 3.8) is 0 Å². The first-order chi connectivity index (χ1) is 4.20. The topological polar surface area (TPSA) is 52.0 Å². The van der Waals surface area contributed by atoms with Gasteiger partial charge in [0.15, 0.2) is 0 Å². The van der Waals surface area contributed by atoms with Crippen molar-refractivity contribution in [2.75, 3.05) is 0 Å². The number of nitrogens with zero attached hydrogens (tertiary/aromatic N) is 1. The molecule has 0 aliphatic heterocycles. The van der Waals surface area contributed by atoms with Crippen molar-refractivity contribution in [3.05, 3.63) is 16.4 Å². The van der Waals surface area contributed by atoms with Crippen LogP contribution in [0.2, 0.25) is 0 Å². The van der Waals surface area contributed by atoms with Crippen LogP contribution in [0.15, 0.2) is 15.3 Å². The van der Waals surface area contributed by atoms with Crippen LogP contribution in [0.1, 0.15) is 18.7 Å². The number of nitrogens with two attached hydrogens (primary N) is 1. The molecular weight excluding hydrogens is 184 g/mol. The molecule has 0 fully saturated rings. The maximum atomic E-state index is 5.48. The zero-order chi connectivity index (χ0) is 6.85. The summed E-state index contributed by atoms with van der Waals surface area (Å²) in [5, 5.41) is 3.67. The van der Waals surface area contributed by atoms with E-state index in [1.807, 2.05) is 6.92 Å². The van der Waals surface area contributed by atoms with Gasteiger partial charge in [-0.3, -0.25) is 0 Å². The highest BCUT2D eigenvalue weighted by Gasteiger charge is 2.04. The van der Waals surface area contributed by atoms with Crippen LogP contribution < -0.4 is 5.73 Å². The molecule has 0 radical (unpaired) electrons. The molecule has 1 aromatic rings. The first-order valence-electron chi connectivity index (χ1n) is 2.58. The molecule has 0 spiro atoms. The summed E-state index contributed by atoms with van der Waals surface area (Å²) in [6.45, 7) is 1.85. The summed E-state index contributed by atoms with van der Waals surface area (Å²) in [4.78, 5) is 0. The van der Waals surface area contributed by atoms with Gasteiger partial charge >= 0.3 is 0 Å². The van der Waals surface area contributed by atoms with Crippen molar-refractivity contribution in [3.8, 4) is 0 Å². The van der Waals surface area contributed by atoms with Crippen molar-refractivity contribution in [1.82, 2.24) is 5.16 Å². The zero-order valence-corrected chi connectivity index (χ0v) is 6.55. The molecule has 1 rings (SSSR count). The summed E-state index contributed by atoms with van der Waals surface area (Å²) < 4.78 is 5.33. The molecule has 0 saturated carbocycles. The van der Waals surface area contributed by atoms with Gasteiger partial charge in [-0.25, -0.2) is 0 Å². The normalized spacial score (nSPS) is 13.7. The summed E-state index contributed by atoms with van der Waals surface area (Å²) >= 11 is 3.12. The van der Waals surface area contributed by atoms with Crippen molar-refractivity contribution >= 4 is 15.9 Å². The van der Waals surface area contributed by atoms with Crippen LogP contribution in [-0.4, -0.2) is 5.16 Å². The average Bonchev–Trinajstić information content (AvgIpc) is 2.14. The van der Waals surface area contributed by atoms with Gasteiger partial charge in [0.25, 0.3) is 0 Å². The molecule has 0 saturated heterocycles. The van der Waals surface area contributed by atoms with Gasteiger partial charge in [-0.15, -0.1) is 0 Å². The van der Waals surface area contributed by atoms with Crippen LogP contribution in [0.25, 0.3) is 0 Å². The molecule has 50 valence electrons. The Hall–Kier alpha value is -0.350. The number of hydrogen-bond acceptors (Lipinski definition) is 3. The molecule has 0 aromatic carbocycles. The third kappa shape index (κ3) is 1.53. The van der Waals surface area contributed by atoms with Gasteiger partial charge in [-0.05, 0) is 22.9 Å². The van der Waals surface area contributed by atoms with Gasteiger partial charge in [0.05, 0.1) is 0 Å². The molecule has 0 bridgehead atoms. The monoisotopic (exact) mass is 190 g/mol. The minimum absolute atomic E-state index is 0.0555. The van der Waals surface area contributed by atoms with E-state index in [1.165, 1.54) is 0 Å². The Morgan fingerprint density at radius 2 is 2.56 bits per heavy atom. The van der Waals surface area contributed by atoms with Crippen molar-refractivity contribution in [2.45, 2.75) is 13.0 Å². The van der Waals surface area contributed by atoms with Gasteiger partial charge in [0, 0.05) is 12.1 Å². The van der Waals surface area contributed by atoms with E-state index < -0.39 is 0 Å². The second kappa shape index (κ2) is 2.49. The molecule has 1 aromatic heterocycles. The van der Waals surface area contributed by atoms with E-state index in [-0.39, 0.29) is 6.04 Å². The van der Waals surface area contributed by atoms with Crippen LogP contribution >= 0.6 is 15.9 Å². The second-order valence-corrected chi connectivity index (χ2v) is 2.63. The Bertz CT molecular complexity index is 197. The predicted molar refractivity (Wildman–Crippen MR) is 36.8 cm³/mol. The highest BCUT2D eigenvalue weighted by Crippen LogP contribution is 2.14. The molecule has 2 N–H and O–H groups in total. The Balaban J connectivity index is 2.85. The molecule has 1 atom stereocenters. The lowest BCUT2D eigenvalue weighted by Crippen LogP contribution is -2.04. The second-order valence-electron chi connectivity index (χ2n) is 1.84. The van der Waals surface area contributed by atoms with Gasteiger partial charge in [-0.2, -0.15) is 0 Å².